The van der Waals surface area contributed by atoms with Gasteiger partial charge in [0.05, 0.1) is 23.2 Å². The standard InChI is InChI=1S/C14H18N2O5/c1-9-7-15(8-10(2)21-9)11-5-13-14(20-4-3-19-13)6-12(11)16(17)18/h5-6,9-10H,3-4,7-8H2,1-2H3/t9-,10+. The number of nitrogens with zero attached hydrogens (tertiary/aromatic N) is 2. The normalized spacial score (nSPS) is 24.8. The Labute approximate surface area is 122 Å². The molecule has 1 fully saturated rings. The zero-order valence-electron chi connectivity index (χ0n) is 12.1. The van der Waals surface area contributed by atoms with Crippen LogP contribution in [0.15, 0.2) is 12.1 Å². The lowest BCUT2D eigenvalue weighted by Gasteiger charge is -2.36. The average molecular weight is 294 g/mol. The topological polar surface area (TPSA) is 74.1 Å². The maximum atomic E-state index is 11.4. The molecule has 2 atom stereocenters. The Bertz CT molecular complexity index is 553. The van der Waals surface area contributed by atoms with Crippen LogP contribution < -0.4 is 14.4 Å². The molecule has 3 rings (SSSR count). The molecule has 1 aromatic carbocycles. The molecule has 0 unspecified atom stereocenters. The van der Waals surface area contributed by atoms with Gasteiger partial charge in [-0.05, 0) is 13.8 Å². The summed E-state index contributed by atoms with van der Waals surface area (Å²) in [6.07, 6.45) is 0.0584. The monoisotopic (exact) mass is 294 g/mol. The van der Waals surface area contributed by atoms with Crippen molar-refractivity contribution in [2.24, 2.45) is 0 Å². The number of anilines is 1. The highest BCUT2D eigenvalue weighted by atomic mass is 16.6. The molecular weight excluding hydrogens is 276 g/mol. The number of fused-ring (bicyclic) bond motifs is 1. The van der Waals surface area contributed by atoms with E-state index in [4.69, 9.17) is 14.2 Å². The van der Waals surface area contributed by atoms with Gasteiger partial charge in [-0.25, -0.2) is 0 Å². The third-order valence-corrected chi connectivity index (χ3v) is 3.60. The molecule has 0 bridgehead atoms. The molecule has 7 heteroatoms. The second-order valence-corrected chi connectivity index (χ2v) is 5.40. The van der Waals surface area contributed by atoms with E-state index in [0.29, 0.717) is 43.5 Å². The van der Waals surface area contributed by atoms with Crippen LogP contribution in [-0.2, 0) is 4.74 Å². The van der Waals surface area contributed by atoms with Gasteiger partial charge in [0.2, 0.25) is 0 Å². The summed E-state index contributed by atoms with van der Waals surface area (Å²) in [5, 5.41) is 11.4. The van der Waals surface area contributed by atoms with E-state index in [1.807, 2.05) is 18.7 Å². The van der Waals surface area contributed by atoms with Crippen molar-refractivity contribution in [3.8, 4) is 11.5 Å². The molecule has 0 saturated carbocycles. The number of benzene rings is 1. The number of nitro benzene ring substituents is 1. The molecule has 2 heterocycles. The first-order valence-electron chi connectivity index (χ1n) is 7.03. The third kappa shape index (κ3) is 2.73. The zero-order valence-corrected chi connectivity index (χ0v) is 12.1. The Morgan fingerprint density at radius 3 is 2.29 bits per heavy atom. The van der Waals surface area contributed by atoms with Gasteiger partial charge in [0, 0.05) is 19.2 Å². The molecule has 2 aliphatic heterocycles. The van der Waals surface area contributed by atoms with Crippen molar-refractivity contribution >= 4 is 11.4 Å². The lowest BCUT2D eigenvalue weighted by atomic mass is 10.1. The van der Waals surface area contributed by atoms with Gasteiger partial charge >= 0.3 is 0 Å². The molecule has 7 nitrogen and oxygen atoms in total. The Hall–Kier alpha value is -2.02. The first kappa shape index (κ1) is 13.9. The van der Waals surface area contributed by atoms with Crippen molar-refractivity contribution < 1.29 is 19.1 Å². The van der Waals surface area contributed by atoms with Crippen molar-refractivity contribution in [2.45, 2.75) is 26.1 Å². The number of ether oxygens (including phenoxy) is 3. The van der Waals surface area contributed by atoms with Crippen LogP contribution in [0.2, 0.25) is 0 Å². The fraction of sp³-hybridized carbons (Fsp3) is 0.571. The van der Waals surface area contributed by atoms with Crippen LogP contribution in [0.5, 0.6) is 11.5 Å². The van der Waals surface area contributed by atoms with Crippen molar-refractivity contribution in [1.29, 1.82) is 0 Å². The molecule has 0 N–H and O–H groups in total. The van der Waals surface area contributed by atoms with Gasteiger partial charge < -0.3 is 19.1 Å². The van der Waals surface area contributed by atoms with Crippen molar-refractivity contribution in [1.82, 2.24) is 0 Å². The zero-order chi connectivity index (χ0) is 15.0. The summed E-state index contributed by atoms with van der Waals surface area (Å²) in [6, 6.07) is 3.16. The molecule has 2 aliphatic rings. The summed E-state index contributed by atoms with van der Waals surface area (Å²) >= 11 is 0. The van der Waals surface area contributed by atoms with Crippen LogP contribution >= 0.6 is 0 Å². The van der Waals surface area contributed by atoms with E-state index in [1.54, 1.807) is 6.07 Å². The fourth-order valence-corrected chi connectivity index (χ4v) is 2.84. The quantitative estimate of drug-likeness (QED) is 0.613. The van der Waals surface area contributed by atoms with E-state index in [1.165, 1.54) is 6.07 Å². The minimum Gasteiger partial charge on any atom is -0.486 e. The van der Waals surface area contributed by atoms with Crippen LogP contribution in [0.1, 0.15) is 13.8 Å². The molecule has 0 amide bonds. The number of hydrogen-bond donors (Lipinski definition) is 0. The number of rotatable bonds is 2. The van der Waals surface area contributed by atoms with Crippen LogP contribution in [0.3, 0.4) is 0 Å². The van der Waals surface area contributed by atoms with Crippen LogP contribution in [0.25, 0.3) is 0 Å². The summed E-state index contributed by atoms with van der Waals surface area (Å²) in [5.41, 5.74) is 0.604. The van der Waals surface area contributed by atoms with E-state index in [-0.39, 0.29) is 22.8 Å². The highest BCUT2D eigenvalue weighted by Crippen LogP contribution is 2.41. The molecule has 21 heavy (non-hydrogen) atoms. The average Bonchev–Trinajstić information content (AvgIpc) is 2.44. The molecule has 0 spiro atoms. The van der Waals surface area contributed by atoms with E-state index < -0.39 is 0 Å². The predicted molar refractivity (Wildman–Crippen MR) is 76.3 cm³/mol. The highest BCUT2D eigenvalue weighted by molar-refractivity contribution is 5.70. The van der Waals surface area contributed by atoms with Crippen molar-refractivity contribution in [2.75, 3.05) is 31.2 Å². The maximum absolute atomic E-state index is 11.4. The fourth-order valence-electron chi connectivity index (χ4n) is 2.84. The van der Waals surface area contributed by atoms with Gasteiger partial charge in [0.15, 0.2) is 11.5 Å². The minimum atomic E-state index is -0.377. The third-order valence-electron chi connectivity index (χ3n) is 3.60. The summed E-state index contributed by atoms with van der Waals surface area (Å²) in [7, 11) is 0. The SMILES string of the molecule is C[C@@H]1CN(c2cc3c(cc2[N+](=O)[O-])OCCO3)C[C@H](C)O1. The lowest BCUT2D eigenvalue weighted by Crippen LogP contribution is -2.45. The van der Waals surface area contributed by atoms with E-state index >= 15 is 0 Å². The van der Waals surface area contributed by atoms with Gasteiger partial charge in [0.1, 0.15) is 18.9 Å². The number of hydrogen-bond acceptors (Lipinski definition) is 6. The molecule has 1 saturated heterocycles. The lowest BCUT2D eigenvalue weighted by molar-refractivity contribution is -0.384. The number of nitro groups is 1. The van der Waals surface area contributed by atoms with Gasteiger partial charge in [-0.1, -0.05) is 0 Å². The molecule has 1 aromatic rings. The Balaban J connectivity index is 2.01. The van der Waals surface area contributed by atoms with E-state index in [2.05, 4.69) is 0 Å². The highest BCUT2D eigenvalue weighted by Gasteiger charge is 2.30. The maximum Gasteiger partial charge on any atom is 0.296 e. The second-order valence-electron chi connectivity index (χ2n) is 5.40. The minimum absolute atomic E-state index is 0.0292. The summed E-state index contributed by atoms with van der Waals surface area (Å²) in [4.78, 5) is 13.0. The van der Waals surface area contributed by atoms with Crippen LogP contribution in [-0.4, -0.2) is 43.4 Å². The summed E-state index contributed by atoms with van der Waals surface area (Å²) in [5.74, 6) is 1.000. The molecule has 114 valence electrons. The summed E-state index contributed by atoms with van der Waals surface area (Å²) in [6.45, 7) is 6.03. The Kier molecular flexibility index (Phi) is 3.59. The molecule has 0 radical (unpaired) electrons. The van der Waals surface area contributed by atoms with Crippen molar-refractivity contribution in [3.05, 3.63) is 22.2 Å². The van der Waals surface area contributed by atoms with Gasteiger partial charge in [-0.3, -0.25) is 10.1 Å². The van der Waals surface area contributed by atoms with Gasteiger partial charge in [-0.15, -0.1) is 0 Å². The Morgan fingerprint density at radius 1 is 1.14 bits per heavy atom. The molecule has 0 aromatic heterocycles. The molecule has 0 aliphatic carbocycles. The van der Waals surface area contributed by atoms with Crippen molar-refractivity contribution in [3.63, 3.8) is 0 Å². The van der Waals surface area contributed by atoms with E-state index in [0.717, 1.165) is 0 Å². The number of morpholine rings is 1. The predicted octanol–water partition coefficient (Wildman–Crippen LogP) is 1.98. The first-order chi connectivity index (χ1) is 10.0. The molecular formula is C14H18N2O5. The smallest absolute Gasteiger partial charge is 0.296 e. The largest absolute Gasteiger partial charge is 0.486 e. The van der Waals surface area contributed by atoms with Crippen LogP contribution in [0, 0.1) is 10.1 Å². The summed E-state index contributed by atoms with van der Waals surface area (Å²) < 4.78 is 16.6. The second kappa shape index (κ2) is 5.40. The first-order valence-corrected chi connectivity index (χ1v) is 7.03. The van der Waals surface area contributed by atoms with E-state index in [9.17, 15) is 10.1 Å². The van der Waals surface area contributed by atoms with Gasteiger partial charge in [-0.2, -0.15) is 0 Å². The van der Waals surface area contributed by atoms with Gasteiger partial charge in [0.25, 0.3) is 5.69 Å². The van der Waals surface area contributed by atoms with Crippen LogP contribution in [0.4, 0.5) is 11.4 Å². The Morgan fingerprint density at radius 2 is 1.71 bits per heavy atom.